The number of nitrogens with two attached hydrogens (primary N) is 1. The molecule has 264 valence electrons. The number of carbonyl (C=O) groups excluding carboxylic acids is 5. The smallest absolute Gasteiger partial charge is 0.405 e. The lowest BCUT2D eigenvalue weighted by atomic mass is 9.85. The number of carbonyl (C=O) groups is 5. The predicted octanol–water partition coefficient (Wildman–Crippen LogP) is 2.65. The molecule has 0 unspecified atom stereocenters. The minimum atomic E-state index is -1.02. The first-order valence-electron chi connectivity index (χ1n) is 15.7. The number of amides is 2. The number of likely N-dealkylation sites (N-methyl/N-ethyl adjacent to an activating group) is 1. The first kappa shape index (κ1) is 39.8. The third-order valence-electron chi connectivity index (χ3n) is 7.89. The Bertz CT molecular complexity index is 1390. The van der Waals surface area contributed by atoms with Crippen molar-refractivity contribution in [3.8, 4) is 0 Å². The normalized spacial score (nSPS) is 29.1. The van der Waals surface area contributed by atoms with Crippen molar-refractivity contribution in [1.82, 2.24) is 15.5 Å². The molecule has 6 atom stereocenters. The highest BCUT2D eigenvalue weighted by molar-refractivity contribution is 6.23. The molecule has 0 aromatic carbocycles. The van der Waals surface area contributed by atoms with E-state index in [1.54, 1.807) is 57.1 Å². The molecule has 2 bridgehead atoms. The zero-order valence-electron chi connectivity index (χ0n) is 29.2. The number of Topliss-reactive ketones (excluding diaryl/α,β-unsaturated/α-hetero) is 1. The Morgan fingerprint density at radius 2 is 1.81 bits per heavy atom. The molecule has 13 heteroatoms. The number of hydrogen-bond acceptors (Lipinski definition) is 11. The summed E-state index contributed by atoms with van der Waals surface area (Å²) in [6, 6.07) is 0. The highest BCUT2D eigenvalue weighted by atomic mass is 16.6. The Labute approximate surface area is 282 Å². The average molecular weight is 671 g/mol. The van der Waals surface area contributed by atoms with Crippen LogP contribution in [-0.4, -0.2) is 100 Å². The molecule has 0 saturated carbocycles. The van der Waals surface area contributed by atoms with E-state index in [9.17, 15) is 24.0 Å². The molecular formula is C35H50N4O9. The van der Waals surface area contributed by atoms with Crippen molar-refractivity contribution in [2.45, 2.75) is 65.0 Å². The molecule has 2 amide bonds. The van der Waals surface area contributed by atoms with Crippen LogP contribution in [-0.2, 0) is 38.1 Å². The van der Waals surface area contributed by atoms with E-state index in [4.69, 9.17) is 24.7 Å². The lowest BCUT2D eigenvalue weighted by Crippen LogP contribution is -2.41. The van der Waals surface area contributed by atoms with Crippen LogP contribution in [0.5, 0.6) is 0 Å². The molecule has 0 radical (unpaired) electrons. The Balaban J connectivity index is 2.74. The topological polar surface area (TPSA) is 176 Å². The number of fused-ring (bicyclic) bond motifs is 2. The third kappa shape index (κ3) is 11.4. The summed E-state index contributed by atoms with van der Waals surface area (Å²) < 4.78 is 23.0. The van der Waals surface area contributed by atoms with Gasteiger partial charge >= 0.3 is 12.1 Å². The molecule has 0 spiro atoms. The van der Waals surface area contributed by atoms with Crippen LogP contribution in [0.1, 0.15) is 40.5 Å². The lowest BCUT2D eigenvalue weighted by molar-refractivity contribution is -0.161. The van der Waals surface area contributed by atoms with E-state index in [0.717, 1.165) is 6.08 Å². The van der Waals surface area contributed by atoms with Crippen LogP contribution < -0.4 is 16.4 Å². The number of hydrogen-bond donors (Lipinski definition) is 3. The zero-order valence-corrected chi connectivity index (χ0v) is 29.2. The maximum absolute atomic E-state index is 13.8. The first-order chi connectivity index (χ1) is 22.6. The van der Waals surface area contributed by atoms with Crippen molar-refractivity contribution in [1.29, 1.82) is 0 Å². The van der Waals surface area contributed by atoms with Crippen LogP contribution in [0.2, 0.25) is 0 Å². The van der Waals surface area contributed by atoms with Crippen molar-refractivity contribution in [3.63, 3.8) is 0 Å². The Hall–Kier alpha value is -4.33. The number of methoxy groups -OCH3 is 2. The maximum Gasteiger partial charge on any atom is 0.405 e. The fourth-order valence-electron chi connectivity index (χ4n) is 5.57. The second kappa shape index (κ2) is 18.9. The van der Waals surface area contributed by atoms with Gasteiger partial charge in [-0.25, -0.2) is 4.79 Å². The number of nitrogens with one attached hydrogen (secondary N) is 2. The Morgan fingerprint density at radius 1 is 1.12 bits per heavy atom. The van der Waals surface area contributed by atoms with Crippen molar-refractivity contribution in [2.24, 2.45) is 17.6 Å². The second-order valence-electron chi connectivity index (χ2n) is 12.3. The number of esters is 1. The summed E-state index contributed by atoms with van der Waals surface area (Å²) in [6.45, 7) is 11.0. The van der Waals surface area contributed by atoms with E-state index >= 15 is 0 Å². The fraction of sp³-hybridized carbons (Fsp3) is 0.514. The van der Waals surface area contributed by atoms with Crippen molar-refractivity contribution >= 4 is 29.5 Å². The van der Waals surface area contributed by atoms with E-state index in [1.165, 1.54) is 20.3 Å². The van der Waals surface area contributed by atoms with Crippen molar-refractivity contribution < 1.29 is 42.9 Å². The van der Waals surface area contributed by atoms with E-state index in [-0.39, 0.29) is 48.0 Å². The van der Waals surface area contributed by atoms with Gasteiger partial charge in [-0.05, 0) is 52.3 Å². The maximum atomic E-state index is 13.8. The van der Waals surface area contributed by atoms with Gasteiger partial charge in [0.1, 0.15) is 12.2 Å². The monoisotopic (exact) mass is 670 g/mol. The van der Waals surface area contributed by atoms with E-state index < -0.39 is 59.9 Å². The molecule has 1 heterocycles. The minimum Gasteiger partial charge on any atom is -0.458 e. The zero-order chi connectivity index (χ0) is 36.1. The highest BCUT2D eigenvalue weighted by Gasteiger charge is 2.35. The summed E-state index contributed by atoms with van der Waals surface area (Å²) >= 11 is 0. The highest BCUT2D eigenvalue weighted by Crippen LogP contribution is 2.30. The van der Waals surface area contributed by atoms with Crippen LogP contribution in [0.3, 0.4) is 0 Å². The molecule has 4 N–H and O–H groups in total. The van der Waals surface area contributed by atoms with Gasteiger partial charge in [0, 0.05) is 43.9 Å². The van der Waals surface area contributed by atoms with Crippen LogP contribution in [0.25, 0.3) is 0 Å². The summed E-state index contributed by atoms with van der Waals surface area (Å²) in [4.78, 5) is 66.7. The molecule has 1 aliphatic carbocycles. The van der Waals surface area contributed by atoms with Crippen molar-refractivity contribution in [2.75, 3.05) is 41.4 Å². The lowest BCUT2D eigenvalue weighted by Gasteiger charge is -2.33. The van der Waals surface area contributed by atoms with E-state index in [2.05, 4.69) is 17.2 Å². The van der Waals surface area contributed by atoms with Gasteiger partial charge in [-0.2, -0.15) is 0 Å². The molecule has 1 aliphatic heterocycles. The number of allylic oxidation sites excluding steroid dienone is 4. The van der Waals surface area contributed by atoms with Gasteiger partial charge in [0.05, 0.1) is 24.0 Å². The van der Waals surface area contributed by atoms with Crippen LogP contribution in [0, 0.1) is 11.8 Å². The number of nitrogens with zero attached hydrogens (tertiary/aromatic N) is 1. The Morgan fingerprint density at radius 3 is 2.40 bits per heavy atom. The van der Waals surface area contributed by atoms with Gasteiger partial charge in [-0.15, -0.1) is 6.58 Å². The summed E-state index contributed by atoms with van der Waals surface area (Å²) in [5.41, 5.74) is 6.41. The van der Waals surface area contributed by atoms with Crippen LogP contribution in [0.4, 0.5) is 4.79 Å². The molecule has 0 aromatic rings. The van der Waals surface area contributed by atoms with Gasteiger partial charge in [-0.1, -0.05) is 44.2 Å². The molecular weight excluding hydrogens is 620 g/mol. The largest absolute Gasteiger partial charge is 0.458 e. The Kier molecular flexibility index (Phi) is 15.7. The van der Waals surface area contributed by atoms with Gasteiger partial charge in [-0.3, -0.25) is 24.1 Å². The molecule has 0 fully saturated rings. The minimum absolute atomic E-state index is 0.0253. The summed E-state index contributed by atoms with van der Waals surface area (Å²) in [5, 5.41) is 5.56. The number of rotatable bonds is 9. The van der Waals surface area contributed by atoms with Crippen LogP contribution in [0.15, 0.2) is 71.1 Å². The van der Waals surface area contributed by atoms with Crippen molar-refractivity contribution in [3.05, 3.63) is 71.1 Å². The molecule has 0 aromatic heterocycles. The number of ketones is 2. The molecule has 2 aliphatic rings. The molecule has 48 heavy (non-hydrogen) atoms. The van der Waals surface area contributed by atoms with E-state index in [0.29, 0.717) is 12.0 Å². The number of ether oxygens (including phenoxy) is 4. The SMILES string of the molecule is C=CCNC1=C2C[C@@H](C)C[C@H](OC)[C@H](OC(=O)CN(C)C)[C@@H](C)/C=C(\C)[C@H](OC(N)=O)[C@@H](OC)/C=C\C=C(/C)C(=O)NC(=CC1=O)C2=O. The standard InChI is InChI=1S/C35H50N4O9/c1-10-14-37-30-24-15-20(2)16-28(46-9)33(47-29(41)19-39(6)7)23(5)17-22(4)32(48-35(36)44)27(45-8)13-11-12-21(3)34(43)38-25(31(24)42)18-26(30)40/h10-13,17-18,20,23,27-28,32-33,37H,1,14-16,19H2,2-9H3,(H2,36,44)(H,38,43)/b13-11-,21-12+,22-17+/t20-,23+,27+,28+,32+,33-/m1/s1. The van der Waals surface area contributed by atoms with Crippen LogP contribution >= 0.6 is 0 Å². The van der Waals surface area contributed by atoms with Gasteiger partial charge in [0.2, 0.25) is 11.6 Å². The first-order valence-corrected chi connectivity index (χ1v) is 15.7. The fourth-order valence-corrected chi connectivity index (χ4v) is 5.57. The molecule has 2 rings (SSSR count). The van der Waals surface area contributed by atoms with Gasteiger partial charge in [0.15, 0.2) is 6.10 Å². The molecule has 0 saturated heterocycles. The average Bonchev–Trinajstić information content (AvgIpc) is 3.00. The molecule has 13 nitrogen and oxygen atoms in total. The summed E-state index contributed by atoms with van der Waals surface area (Å²) in [7, 11) is 6.43. The third-order valence-corrected chi connectivity index (χ3v) is 7.89. The second-order valence-corrected chi connectivity index (χ2v) is 12.3. The predicted molar refractivity (Wildman–Crippen MR) is 180 cm³/mol. The van der Waals surface area contributed by atoms with Gasteiger partial charge < -0.3 is 35.3 Å². The van der Waals surface area contributed by atoms with Gasteiger partial charge in [0.25, 0.3) is 5.91 Å². The van der Waals surface area contributed by atoms with E-state index in [1.807, 2.05) is 13.8 Å². The number of primary amides is 1. The summed E-state index contributed by atoms with van der Waals surface area (Å²) in [6.07, 6.45) is 5.32. The summed E-state index contributed by atoms with van der Waals surface area (Å²) in [5.74, 6) is -2.75. The quantitative estimate of drug-likeness (QED) is 0.187.